The average Bonchev–Trinajstić information content (AvgIpc) is 2.81. The first-order chi connectivity index (χ1) is 8.31. The van der Waals surface area contributed by atoms with Crippen molar-refractivity contribution < 1.29 is 4.74 Å². The van der Waals surface area contributed by atoms with E-state index in [-0.39, 0.29) is 0 Å². The second-order valence-corrected chi connectivity index (χ2v) is 5.89. The van der Waals surface area contributed by atoms with Crippen molar-refractivity contribution in [1.29, 1.82) is 0 Å². The van der Waals surface area contributed by atoms with Gasteiger partial charge in [-0.15, -0.1) is 0 Å². The number of ether oxygens (including phenoxy) is 1. The molecule has 1 atom stereocenters. The van der Waals surface area contributed by atoms with Gasteiger partial charge < -0.3 is 4.74 Å². The molecule has 0 fully saturated rings. The van der Waals surface area contributed by atoms with Crippen molar-refractivity contribution in [1.82, 2.24) is 0 Å². The molecule has 0 saturated carbocycles. The molecule has 1 nitrogen and oxygen atoms in total. The number of hydrogen-bond acceptors (Lipinski definition) is 1. The lowest BCUT2D eigenvalue weighted by molar-refractivity contribution is 0.357. The van der Waals surface area contributed by atoms with Crippen molar-refractivity contribution in [3.8, 4) is 5.75 Å². The molecule has 0 saturated heterocycles. The number of halogens is 1. The summed E-state index contributed by atoms with van der Waals surface area (Å²) in [5, 5.41) is 0. The summed E-state index contributed by atoms with van der Waals surface area (Å²) in [5.41, 5.74) is 2.78. The van der Waals surface area contributed by atoms with Crippen LogP contribution in [0.25, 0.3) is 0 Å². The Morgan fingerprint density at radius 3 is 3.00 bits per heavy atom. The first kappa shape index (κ1) is 12.9. The van der Waals surface area contributed by atoms with E-state index in [4.69, 9.17) is 4.74 Å². The predicted molar refractivity (Wildman–Crippen MR) is 76.1 cm³/mol. The molecule has 0 spiro atoms. The van der Waals surface area contributed by atoms with Gasteiger partial charge in [0.15, 0.2) is 0 Å². The first-order valence-corrected chi connectivity index (χ1v) is 7.62. The summed E-state index contributed by atoms with van der Waals surface area (Å²) in [5.74, 6) is 1.08. The molecular formula is C15H21BrO. The lowest BCUT2D eigenvalue weighted by Crippen LogP contribution is -1.91. The minimum Gasteiger partial charge on any atom is -0.493 e. The van der Waals surface area contributed by atoms with Crippen molar-refractivity contribution in [2.24, 2.45) is 0 Å². The van der Waals surface area contributed by atoms with E-state index in [9.17, 15) is 0 Å². The van der Waals surface area contributed by atoms with Gasteiger partial charge in [0, 0.05) is 11.2 Å². The second-order valence-electron chi connectivity index (χ2n) is 4.78. The summed E-state index contributed by atoms with van der Waals surface area (Å²) in [6.45, 7) is 3.11. The van der Waals surface area contributed by atoms with E-state index >= 15 is 0 Å². The van der Waals surface area contributed by atoms with Crippen LogP contribution in [0.4, 0.5) is 0 Å². The highest BCUT2D eigenvalue weighted by atomic mass is 79.9. The Morgan fingerprint density at radius 2 is 2.18 bits per heavy atom. The number of fused-ring (bicyclic) bond motifs is 1. The molecule has 1 aliphatic heterocycles. The Hall–Kier alpha value is -0.500. The molecule has 1 aliphatic rings. The zero-order chi connectivity index (χ0) is 12.1. The highest BCUT2D eigenvalue weighted by molar-refractivity contribution is 9.09. The van der Waals surface area contributed by atoms with Gasteiger partial charge in [-0.25, -0.2) is 0 Å². The Morgan fingerprint density at radius 1 is 1.29 bits per heavy atom. The summed E-state index contributed by atoms with van der Waals surface area (Å²) in [6, 6.07) is 6.63. The zero-order valence-corrected chi connectivity index (χ0v) is 12.1. The van der Waals surface area contributed by atoms with Crippen LogP contribution < -0.4 is 4.74 Å². The van der Waals surface area contributed by atoms with Gasteiger partial charge in [0.25, 0.3) is 0 Å². The van der Waals surface area contributed by atoms with Crippen molar-refractivity contribution in [3.63, 3.8) is 0 Å². The van der Waals surface area contributed by atoms with E-state index in [1.54, 1.807) is 0 Å². The number of rotatable bonds is 6. The smallest absolute Gasteiger partial charge is 0.122 e. The van der Waals surface area contributed by atoms with Gasteiger partial charge in [-0.1, -0.05) is 60.7 Å². The summed E-state index contributed by atoms with van der Waals surface area (Å²) >= 11 is 3.81. The molecule has 0 N–H and O–H groups in total. The number of unbranched alkanes of at least 4 members (excludes halogenated alkanes) is 3. The van der Waals surface area contributed by atoms with Crippen LogP contribution in [0.2, 0.25) is 0 Å². The Labute approximate surface area is 113 Å². The Balaban J connectivity index is 1.88. The lowest BCUT2D eigenvalue weighted by atomic mass is 10.0. The van der Waals surface area contributed by atoms with Crippen LogP contribution in [0, 0.1) is 0 Å². The van der Waals surface area contributed by atoms with E-state index in [1.165, 1.54) is 43.2 Å². The van der Waals surface area contributed by atoms with Crippen molar-refractivity contribution in [2.45, 2.75) is 50.3 Å². The maximum absolute atomic E-state index is 5.53. The highest BCUT2D eigenvalue weighted by Crippen LogP contribution is 2.33. The molecule has 2 rings (SSSR count). The fourth-order valence-electron chi connectivity index (χ4n) is 2.32. The predicted octanol–water partition coefficient (Wildman–Crippen LogP) is 5.03. The standard InChI is InChI=1S/C15H21BrO/c1-2-3-4-5-6-14(16)12-7-8-15-13(11-12)9-10-17-15/h7-8,11,14H,2-6,9-10H2,1H3. The van der Waals surface area contributed by atoms with Gasteiger partial charge in [0.1, 0.15) is 5.75 Å². The molecule has 0 radical (unpaired) electrons. The van der Waals surface area contributed by atoms with Gasteiger partial charge in [0.05, 0.1) is 6.61 Å². The molecule has 0 amide bonds. The van der Waals surface area contributed by atoms with E-state index in [2.05, 4.69) is 41.1 Å². The molecule has 94 valence electrons. The molecule has 2 heteroatoms. The van der Waals surface area contributed by atoms with Crippen LogP contribution in [0.5, 0.6) is 5.75 Å². The van der Waals surface area contributed by atoms with Crippen LogP contribution in [-0.2, 0) is 6.42 Å². The number of benzene rings is 1. The van der Waals surface area contributed by atoms with Gasteiger partial charge in [-0.05, 0) is 23.6 Å². The summed E-state index contributed by atoms with van der Waals surface area (Å²) < 4.78 is 5.53. The molecule has 1 aromatic carbocycles. The van der Waals surface area contributed by atoms with E-state index in [0.717, 1.165) is 18.8 Å². The summed E-state index contributed by atoms with van der Waals surface area (Å²) in [7, 11) is 0. The Kier molecular flexibility index (Phi) is 4.90. The van der Waals surface area contributed by atoms with E-state index in [1.807, 2.05) is 0 Å². The fourth-order valence-corrected chi connectivity index (χ4v) is 2.93. The molecule has 1 aromatic rings. The Bertz CT molecular complexity index is 362. The van der Waals surface area contributed by atoms with Gasteiger partial charge in [-0.3, -0.25) is 0 Å². The first-order valence-electron chi connectivity index (χ1n) is 6.71. The van der Waals surface area contributed by atoms with E-state index < -0.39 is 0 Å². The third-order valence-electron chi connectivity index (χ3n) is 3.39. The van der Waals surface area contributed by atoms with Crippen molar-refractivity contribution in [2.75, 3.05) is 6.61 Å². The quantitative estimate of drug-likeness (QED) is 0.528. The van der Waals surface area contributed by atoms with Gasteiger partial charge in [0.2, 0.25) is 0 Å². The van der Waals surface area contributed by atoms with Crippen molar-refractivity contribution in [3.05, 3.63) is 29.3 Å². The maximum Gasteiger partial charge on any atom is 0.122 e. The molecule has 0 aliphatic carbocycles. The zero-order valence-electron chi connectivity index (χ0n) is 10.5. The van der Waals surface area contributed by atoms with Crippen LogP contribution in [0.15, 0.2) is 18.2 Å². The molecular weight excluding hydrogens is 276 g/mol. The van der Waals surface area contributed by atoms with Gasteiger partial charge in [-0.2, -0.15) is 0 Å². The highest BCUT2D eigenvalue weighted by Gasteiger charge is 2.14. The second kappa shape index (κ2) is 6.44. The average molecular weight is 297 g/mol. The molecule has 17 heavy (non-hydrogen) atoms. The van der Waals surface area contributed by atoms with Crippen LogP contribution in [-0.4, -0.2) is 6.61 Å². The topological polar surface area (TPSA) is 9.23 Å². The molecule has 0 bridgehead atoms. The minimum atomic E-state index is 0.505. The van der Waals surface area contributed by atoms with Crippen molar-refractivity contribution >= 4 is 15.9 Å². The van der Waals surface area contributed by atoms with Crippen LogP contribution >= 0.6 is 15.9 Å². The third kappa shape index (κ3) is 3.48. The maximum atomic E-state index is 5.53. The van der Waals surface area contributed by atoms with Crippen LogP contribution in [0.3, 0.4) is 0 Å². The minimum absolute atomic E-state index is 0.505. The largest absolute Gasteiger partial charge is 0.493 e. The van der Waals surface area contributed by atoms with Crippen LogP contribution in [0.1, 0.15) is 55.0 Å². The third-order valence-corrected chi connectivity index (χ3v) is 4.37. The van der Waals surface area contributed by atoms with Gasteiger partial charge >= 0.3 is 0 Å². The van der Waals surface area contributed by atoms with E-state index in [0.29, 0.717) is 4.83 Å². The number of hydrogen-bond donors (Lipinski definition) is 0. The normalized spacial score (nSPS) is 15.4. The fraction of sp³-hybridized carbons (Fsp3) is 0.600. The molecule has 1 unspecified atom stereocenters. The summed E-state index contributed by atoms with van der Waals surface area (Å²) in [6.07, 6.45) is 7.64. The molecule has 1 heterocycles. The monoisotopic (exact) mass is 296 g/mol. The number of alkyl halides is 1. The molecule has 0 aromatic heterocycles. The lowest BCUT2D eigenvalue weighted by Gasteiger charge is -2.11. The SMILES string of the molecule is CCCCCCC(Br)c1ccc2c(c1)CCO2. The summed E-state index contributed by atoms with van der Waals surface area (Å²) in [4.78, 5) is 0.505.